The van der Waals surface area contributed by atoms with E-state index in [0.29, 0.717) is 0 Å². The number of aromatic nitrogens is 1. The van der Waals surface area contributed by atoms with Gasteiger partial charge >= 0.3 is 0 Å². The number of hydrogen-bond acceptors (Lipinski definition) is 2. The molecule has 0 atom stereocenters. The Morgan fingerprint density at radius 3 is 2.80 bits per heavy atom. The average molecular weight is 231 g/mol. The normalized spacial score (nSPS) is 11.1. The van der Waals surface area contributed by atoms with Gasteiger partial charge in [-0.25, -0.2) is 4.98 Å². The van der Waals surface area contributed by atoms with Crippen molar-refractivity contribution in [1.82, 2.24) is 4.98 Å². The summed E-state index contributed by atoms with van der Waals surface area (Å²) in [4.78, 5) is 4.29. The van der Waals surface area contributed by atoms with Gasteiger partial charge in [0, 0.05) is 5.56 Å². The molecule has 1 aromatic carbocycles. The van der Waals surface area contributed by atoms with Crippen molar-refractivity contribution < 1.29 is 0 Å². The van der Waals surface area contributed by atoms with E-state index in [-0.39, 0.29) is 0 Å². The molecule has 0 bridgehead atoms. The van der Waals surface area contributed by atoms with Crippen molar-refractivity contribution in [2.45, 2.75) is 19.6 Å². The van der Waals surface area contributed by atoms with Crippen molar-refractivity contribution in [2.75, 3.05) is 0 Å². The van der Waals surface area contributed by atoms with Gasteiger partial charge in [-0.15, -0.1) is 16.9 Å². The van der Waals surface area contributed by atoms with Gasteiger partial charge in [0.2, 0.25) is 0 Å². The van der Waals surface area contributed by atoms with Crippen molar-refractivity contribution in [1.29, 1.82) is 0 Å². The van der Waals surface area contributed by atoms with Gasteiger partial charge in [0.1, 0.15) is 8.07 Å². The highest BCUT2D eigenvalue weighted by atomic mass is 32.1. The fraction of sp³-hybridized carbons (Fsp3) is 0.250. The SMILES string of the molecule is C[Si](C)(C)C#Cc1ccc2scnc2c1. The molecule has 0 aliphatic carbocycles. The number of nitrogens with zero attached hydrogens (tertiary/aromatic N) is 1. The molecule has 2 rings (SSSR count). The largest absolute Gasteiger partial charge is 0.245 e. The third kappa shape index (κ3) is 2.68. The zero-order valence-electron chi connectivity index (χ0n) is 9.16. The fourth-order valence-corrected chi connectivity index (χ4v) is 2.37. The van der Waals surface area contributed by atoms with Crippen LogP contribution in [0.15, 0.2) is 23.7 Å². The molecule has 2 aromatic rings. The van der Waals surface area contributed by atoms with Gasteiger partial charge < -0.3 is 0 Å². The number of fused-ring (bicyclic) bond motifs is 1. The standard InChI is InChI=1S/C12H13NSSi/c1-15(2,3)7-6-10-4-5-12-11(8-10)13-9-14-12/h4-5,8-9H,1-3H3. The van der Waals surface area contributed by atoms with E-state index in [1.165, 1.54) is 4.70 Å². The molecule has 0 N–H and O–H groups in total. The van der Waals surface area contributed by atoms with Crippen LogP contribution < -0.4 is 0 Å². The number of thiazole rings is 1. The smallest absolute Gasteiger partial charge is 0.129 e. The predicted molar refractivity (Wildman–Crippen MR) is 69.8 cm³/mol. The minimum absolute atomic E-state index is 1.06. The minimum atomic E-state index is -1.27. The summed E-state index contributed by atoms with van der Waals surface area (Å²) in [5, 5.41) is 0. The van der Waals surface area contributed by atoms with Gasteiger partial charge in [0.05, 0.1) is 15.7 Å². The van der Waals surface area contributed by atoms with Gasteiger partial charge in [-0.2, -0.15) is 0 Å². The van der Waals surface area contributed by atoms with Crippen LogP contribution in [-0.2, 0) is 0 Å². The lowest BCUT2D eigenvalue weighted by atomic mass is 10.2. The van der Waals surface area contributed by atoms with E-state index in [0.717, 1.165) is 11.1 Å². The molecule has 0 unspecified atom stereocenters. The summed E-state index contributed by atoms with van der Waals surface area (Å²) in [5.74, 6) is 3.24. The summed E-state index contributed by atoms with van der Waals surface area (Å²) in [6.07, 6.45) is 0. The minimum Gasteiger partial charge on any atom is -0.245 e. The lowest BCUT2D eigenvalue weighted by Gasteiger charge is -2.03. The number of benzene rings is 1. The second-order valence-electron chi connectivity index (χ2n) is 4.53. The lowest BCUT2D eigenvalue weighted by molar-refractivity contribution is 1.49. The Balaban J connectivity index is 2.39. The van der Waals surface area contributed by atoms with Gasteiger partial charge in [-0.05, 0) is 18.2 Å². The second kappa shape index (κ2) is 3.80. The van der Waals surface area contributed by atoms with Crippen LogP contribution in [0.4, 0.5) is 0 Å². The van der Waals surface area contributed by atoms with E-state index in [2.05, 4.69) is 54.3 Å². The molecule has 15 heavy (non-hydrogen) atoms. The van der Waals surface area contributed by atoms with Crippen molar-refractivity contribution in [3.05, 3.63) is 29.3 Å². The second-order valence-corrected chi connectivity index (χ2v) is 10.2. The maximum atomic E-state index is 4.29. The van der Waals surface area contributed by atoms with Crippen LogP contribution in [0.3, 0.4) is 0 Å². The fourth-order valence-electron chi connectivity index (χ4n) is 1.20. The Bertz CT molecular complexity index is 540. The Kier molecular flexibility index (Phi) is 2.64. The maximum absolute atomic E-state index is 4.29. The first-order chi connectivity index (χ1) is 7.04. The number of hydrogen-bond donors (Lipinski definition) is 0. The van der Waals surface area contributed by atoms with Crippen molar-refractivity contribution >= 4 is 29.6 Å². The van der Waals surface area contributed by atoms with Crippen LogP contribution in [0.25, 0.3) is 10.2 Å². The third-order valence-corrected chi connectivity index (χ3v) is 3.60. The van der Waals surface area contributed by atoms with Crippen LogP contribution in [0.5, 0.6) is 0 Å². The zero-order valence-corrected chi connectivity index (χ0v) is 11.0. The molecule has 3 heteroatoms. The molecule has 0 amide bonds. The monoisotopic (exact) mass is 231 g/mol. The molecule has 0 aliphatic heterocycles. The topological polar surface area (TPSA) is 12.9 Å². The van der Waals surface area contributed by atoms with Crippen LogP contribution >= 0.6 is 11.3 Å². The molecule has 1 aromatic heterocycles. The van der Waals surface area contributed by atoms with E-state index in [1.807, 2.05) is 5.51 Å². The van der Waals surface area contributed by atoms with E-state index in [1.54, 1.807) is 11.3 Å². The van der Waals surface area contributed by atoms with Gasteiger partial charge in [-0.3, -0.25) is 0 Å². The van der Waals surface area contributed by atoms with Gasteiger partial charge in [-0.1, -0.05) is 25.6 Å². The highest BCUT2D eigenvalue weighted by molar-refractivity contribution is 7.16. The molecule has 1 nitrogen and oxygen atoms in total. The number of rotatable bonds is 0. The quantitative estimate of drug-likeness (QED) is 0.499. The van der Waals surface area contributed by atoms with Gasteiger partial charge in [0.25, 0.3) is 0 Å². The van der Waals surface area contributed by atoms with E-state index in [9.17, 15) is 0 Å². The highest BCUT2D eigenvalue weighted by Crippen LogP contribution is 2.18. The Morgan fingerprint density at radius 1 is 1.27 bits per heavy atom. The molecular formula is C12H13NSSi. The molecule has 0 radical (unpaired) electrons. The van der Waals surface area contributed by atoms with E-state index < -0.39 is 8.07 Å². The van der Waals surface area contributed by atoms with Gasteiger partial charge in [0.15, 0.2) is 0 Å². The molecular weight excluding hydrogens is 218 g/mol. The molecule has 0 fully saturated rings. The molecule has 76 valence electrons. The summed E-state index contributed by atoms with van der Waals surface area (Å²) in [5.41, 5.74) is 7.37. The molecule has 1 heterocycles. The van der Waals surface area contributed by atoms with E-state index in [4.69, 9.17) is 0 Å². The van der Waals surface area contributed by atoms with Crippen LogP contribution in [0, 0.1) is 11.5 Å². The molecule has 0 aliphatic rings. The van der Waals surface area contributed by atoms with Crippen molar-refractivity contribution in [3.63, 3.8) is 0 Å². The lowest BCUT2D eigenvalue weighted by Crippen LogP contribution is -2.16. The van der Waals surface area contributed by atoms with E-state index >= 15 is 0 Å². The van der Waals surface area contributed by atoms with Crippen LogP contribution in [0.2, 0.25) is 19.6 Å². The molecule has 0 saturated heterocycles. The predicted octanol–water partition coefficient (Wildman–Crippen LogP) is 3.53. The summed E-state index contributed by atoms with van der Waals surface area (Å²) < 4.78 is 1.23. The molecule has 0 spiro atoms. The van der Waals surface area contributed by atoms with Crippen LogP contribution in [0.1, 0.15) is 5.56 Å². The Hall–Kier alpha value is -1.11. The first kappa shape index (κ1) is 10.4. The summed E-state index contributed by atoms with van der Waals surface area (Å²) in [6.45, 7) is 6.75. The third-order valence-electron chi connectivity index (χ3n) is 1.91. The van der Waals surface area contributed by atoms with Crippen molar-refractivity contribution in [3.8, 4) is 11.5 Å². The summed E-state index contributed by atoms with van der Waals surface area (Å²) >= 11 is 1.67. The summed E-state index contributed by atoms with van der Waals surface area (Å²) in [6, 6.07) is 6.24. The molecule has 0 saturated carbocycles. The highest BCUT2D eigenvalue weighted by Gasteiger charge is 2.07. The average Bonchev–Trinajstić information content (AvgIpc) is 2.60. The first-order valence-electron chi connectivity index (χ1n) is 4.91. The maximum Gasteiger partial charge on any atom is 0.129 e. The van der Waals surface area contributed by atoms with Crippen LogP contribution in [-0.4, -0.2) is 13.1 Å². The Labute approximate surface area is 95.2 Å². The van der Waals surface area contributed by atoms with Crippen molar-refractivity contribution in [2.24, 2.45) is 0 Å². The first-order valence-corrected chi connectivity index (χ1v) is 9.29. The zero-order chi connectivity index (χ0) is 10.9. The Morgan fingerprint density at radius 2 is 2.07 bits per heavy atom. The summed E-state index contributed by atoms with van der Waals surface area (Å²) in [7, 11) is -1.27.